The molecule has 0 radical (unpaired) electrons. The van der Waals surface area contributed by atoms with Gasteiger partial charge in [0.15, 0.2) is 0 Å². The van der Waals surface area contributed by atoms with Crippen molar-refractivity contribution in [2.75, 3.05) is 39.3 Å². The summed E-state index contributed by atoms with van der Waals surface area (Å²) in [5, 5.41) is 10.9. The van der Waals surface area contributed by atoms with Crippen LogP contribution in [0.15, 0.2) is 24.3 Å². The molecule has 0 heterocycles. The van der Waals surface area contributed by atoms with Crippen molar-refractivity contribution in [2.24, 2.45) is 0 Å². The molecule has 0 aromatic heterocycles. The lowest BCUT2D eigenvalue weighted by Gasteiger charge is -2.35. The fourth-order valence-corrected chi connectivity index (χ4v) is 4.47. The lowest BCUT2D eigenvalue weighted by molar-refractivity contribution is -0.384. The van der Waals surface area contributed by atoms with E-state index in [9.17, 15) is 19.7 Å². The van der Waals surface area contributed by atoms with Gasteiger partial charge in [-0.1, -0.05) is 33.1 Å². The number of likely N-dealkylation sites (N-methyl/N-ethyl adjacent to an activating group) is 1. The number of carbonyl (C=O) groups is 2. The van der Waals surface area contributed by atoms with Gasteiger partial charge in [-0.25, -0.2) is 0 Å². The van der Waals surface area contributed by atoms with E-state index in [2.05, 4.69) is 18.7 Å². The zero-order valence-electron chi connectivity index (χ0n) is 19.8. The first kappa shape index (κ1) is 25.8. The third-order valence-electron chi connectivity index (χ3n) is 6.41. The largest absolute Gasteiger partial charge is 0.338 e. The van der Waals surface area contributed by atoms with Gasteiger partial charge in [-0.2, -0.15) is 0 Å². The molecule has 2 rings (SSSR count). The van der Waals surface area contributed by atoms with Gasteiger partial charge in [0.1, 0.15) is 6.54 Å². The molecule has 32 heavy (non-hydrogen) atoms. The molecule has 0 unspecified atom stereocenters. The van der Waals surface area contributed by atoms with E-state index in [1.165, 1.54) is 30.7 Å². The highest BCUT2D eigenvalue weighted by atomic mass is 16.6. The predicted molar refractivity (Wildman–Crippen MR) is 126 cm³/mol. The molecule has 8 heteroatoms. The van der Waals surface area contributed by atoms with Crippen LogP contribution in [0.1, 0.15) is 69.7 Å². The fourth-order valence-electron chi connectivity index (χ4n) is 4.47. The lowest BCUT2D eigenvalue weighted by atomic mass is 9.94. The number of carbonyl (C=O) groups excluding carboxylic acids is 2. The van der Waals surface area contributed by atoms with E-state index in [4.69, 9.17) is 0 Å². The van der Waals surface area contributed by atoms with Crippen molar-refractivity contribution < 1.29 is 14.5 Å². The highest BCUT2D eigenvalue weighted by Crippen LogP contribution is 2.23. The molecule has 0 bridgehead atoms. The summed E-state index contributed by atoms with van der Waals surface area (Å²) in [5.74, 6) is -0.273. The molecule has 178 valence electrons. The molecule has 2 amide bonds. The van der Waals surface area contributed by atoms with Crippen LogP contribution in [0.2, 0.25) is 0 Å². The van der Waals surface area contributed by atoms with E-state index < -0.39 is 4.92 Å². The minimum absolute atomic E-state index is 0.0162. The van der Waals surface area contributed by atoms with Gasteiger partial charge in [0.05, 0.1) is 4.92 Å². The Morgan fingerprint density at radius 2 is 1.59 bits per heavy atom. The number of nitro benzene ring substituents is 1. The average Bonchev–Trinajstić information content (AvgIpc) is 2.82. The summed E-state index contributed by atoms with van der Waals surface area (Å²) >= 11 is 0. The van der Waals surface area contributed by atoms with Crippen molar-refractivity contribution in [3.63, 3.8) is 0 Å². The Labute approximate surface area is 191 Å². The minimum Gasteiger partial charge on any atom is -0.338 e. The quantitative estimate of drug-likeness (QED) is 0.358. The minimum atomic E-state index is -0.483. The van der Waals surface area contributed by atoms with Gasteiger partial charge in [0.25, 0.3) is 11.6 Å². The van der Waals surface area contributed by atoms with Crippen LogP contribution < -0.4 is 0 Å². The molecule has 1 aromatic carbocycles. The summed E-state index contributed by atoms with van der Waals surface area (Å²) in [5.41, 5.74) is 0.312. The molecule has 1 saturated carbocycles. The summed E-state index contributed by atoms with van der Waals surface area (Å²) in [6, 6.07) is 5.88. The first-order chi connectivity index (χ1) is 15.4. The van der Waals surface area contributed by atoms with Gasteiger partial charge >= 0.3 is 0 Å². The average molecular weight is 447 g/mol. The number of benzene rings is 1. The number of hydrogen-bond donors (Lipinski definition) is 0. The van der Waals surface area contributed by atoms with E-state index in [-0.39, 0.29) is 30.1 Å². The Bertz CT molecular complexity index is 743. The Balaban J connectivity index is 2.13. The maximum Gasteiger partial charge on any atom is 0.269 e. The van der Waals surface area contributed by atoms with Gasteiger partial charge in [-0.3, -0.25) is 19.7 Å². The van der Waals surface area contributed by atoms with Crippen LogP contribution >= 0.6 is 0 Å². The van der Waals surface area contributed by atoms with E-state index >= 15 is 0 Å². The zero-order valence-corrected chi connectivity index (χ0v) is 19.8. The molecule has 8 nitrogen and oxygen atoms in total. The van der Waals surface area contributed by atoms with Gasteiger partial charge in [-0.15, -0.1) is 0 Å². The van der Waals surface area contributed by atoms with Gasteiger partial charge in [0, 0.05) is 36.8 Å². The summed E-state index contributed by atoms with van der Waals surface area (Å²) in [6.07, 6.45) is 6.32. The normalized spacial score (nSPS) is 14.4. The molecule has 0 N–H and O–H groups in total. The van der Waals surface area contributed by atoms with Crippen LogP contribution in [0.25, 0.3) is 0 Å². The molecule has 1 aromatic rings. The highest BCUT2D eigenvalue weighted by molar-refractivity contribution is 5.96. The molecule has 0 spiro atoms. The predicted octanol–water partition coefficient (Wildman–Crippen LogP) is 3.95. The van der Waals surface area contributed by atoms with Gasteiger partial charge in [0.2, 0.25) is 5.91 Å². The molecular formula is C24H38N4O4. The standard InChI is InChI=1S/C24H38N4O4/c1-4-25(5-2)17-10-18-26(24(30)20-13-15-22(16-14-20)28(31)32)19-23(29)27(6-3)21-11-8-7-9-12-21/h13-16,21H,4-12,17-19H2,1-3H3. The van der Waals surface area contributed by atoms with Crippen molar-refractivity contribution in [1.82, 2.24) is 14.7 Å². The van der Waals surface area contributed by atoms with Crippen LogP contribution in [0.3, 0.4) is 0 Å². The smallest absolute Gasteiger partial charge is 0.269 e. The second-order valence-corrected chi connectivity index (χ2v) is 8.38. The first-order valence-electron chi connectivity index (χ1n) is 12.0. The molecular weight excluding hydrogens is 408 g/mol. The van der Waals surface area contributed by atoms with Crippen LogP contribution in [0.5, 0.6) is 0 Å². The molecule has 1 fully saturated rings. The van der Waals surface area contributed by atoms with Gasteiger partial charge in [-0.05, 0) is 58.0 Å². The van der Waals surface area contributed by atoms with E-state index in [1.54, 1.807) is 4.90 Å². The number of hydrogen-bond acceptors (Lipinski definition) is 5. The summed E-state index contributed by atoms with van der Waals surface area (Å²) in [7, 11) is 0. The summed E-state index contributed by atoms with van der Waals surface area (Å²) in [6.45, 7) is 10.1. The first-order valence-corrected chi connectivity index (χ1v) is 12.0. The van der Waals surface area contributed by atoms with Crippen LogP contribution in [-0.4, -0.2) is 76.7 Å². The van der Waals surface area contributed by atoms with Crippen molar-refractivity contribution in [1.29, 1.82) is 0 Å². The van der Waals surface area contributed by atoms with Gasteiger partial charge < -0.3 is 14.7 Å². The fraction of sp³-hybridized carbons (Fsp3) is 0.667. The number of nitro groups is 1. The molecule has 0 saturated heterocycles. The monoisotopic (exact) mass is 446 g/mol. The summed E-state index contributed by atoms with van der Waals surface area (Å²) < 4.78 is 0. The molecule has 0 aliphatic heterocycles. The third kappa shape index (κ3) is 7.29. The van der Waals surface area contributed by atoms with Crippen LogP contribution in [0.4, 0.5) is 5.69 Å². The maximum absolute atomic E-state index is 13.2. The van der Waals surface area contributed by atoms with E-state index in [0.29, 0.717) is 18.7 Å². The van der Waals surface area contributed by atoms with Crippen molar-refractivity contribution in [3.8, 4) is 0 Å². The molecule has 1 aliphatic rings. The highest BCUT2D eigenvalue weighted by Gasteiger charge is 2.27. The number of non-ortho nitro benzene ring substituents is 1. The van der Waals surface area contributed by atoms with E-state index in [0.717, 1.165) is 51.7 Å². The Kier molecular flexibility index (Phi) is 10.6. The van der Waals surface area contributed by atoms with Crippen molar-refractivity contribution in [3.05, 3.63) is 39.9 Å². The summed E-state index contributed by atoms with van der Waals surface area (Å²) in [4.78, 5) is 42.7. The maximum atomic E-state index is 13.2. The number of rotatable bonds is 12. The SMILES string of the molecule is CCN(CC)CCCN(CC(=O)N(CC)C1CCCCC1)C(=O)c1ccc([N+](=O)[O-])cc1. The van der Waals surface area contributed by atoms with Crippen LogP contribution in [0, 0.1) is 10.1 Å². The van der Waals surface area contributed by atoms with Crippen molar-refractivity contribution >= 4 is 17.5 Å². The van der Waals surface area contributed by atoms with Crippen LogP contribution in [-0.2, 0) is 4.79 Å². The zero-order chi connectivity index (χ0) is 23.5. The Hall–Kier alpha value is -2.48. The second kappa shape index (κ2) is 13.2. The Morgan fingerprint density at radius 1 is 0.969 bits per heavy atom. The number of amides is 2. The van der Waals surface area contributed by atoms with E-state index in [1.807, 2.05) is 11.8 Å². The molecule has 0 atom stereocenters. The van der Waals surface area contributed by atoms with Crippen molar-refractivity contribution in [2.45, 2.75) is 65.3 Å². The second-order valence-electron chi connectivity index (χ2n) is 8.38. The third-order valence-corrected chi connectivity index (χ3v) is 6.41. The molecule has 1 aliphatic carbocycles. The number of nitrogens with zero attached hydrogens (tertiary/aromatic N) is 4. The Morgan fingerprint density at radius 3 is 2.12 bits per heavy atom. The topological polar surface area (TPSA) is 87.0 Å². The lowest BCUT2D eigenvalue weighted by Crippen LogP contribution is -2.48.